The zero-order chi connectivity index (χ0) is 17.3. The van der Waals surface area contributed by atoms with Crippen molar-refractivity contribution in [2.45, 2.75) is 6.42 Å². The van der Waals surface area contributed by atoms with Gasteiger partial charge in [-0.3, -0.25) is 4.72 Å². The van der Waals surface area contributed by atoms with E-state index in [0.717, 1.165) is 17.5 Å². The third kappa shape index (κ3) is 3.35. The third-order valence-electron chi connectivity index (χ3n) is 4.29. The van der Waals surface area contributed by atoms with Gasteiger partial charge in [0.2, 0.25) is 0 Å². The van der Waals surface area contributed by atoms with Crippen molar-refractivity contribution in [1.82, 2.24) is 0 Å². The summed E-state index contributed by atoms with van der Waals surface area (Å²) in [6.45, 7) is 0. The molecule has 4 rings (SSSR count). The molecule has 0 atom stereocenters. The van der Waals surface area contributed by atoms with Crippen LogP contribution in [-0.2, 0) is 16.4 Å². The van der Waals surface area contributed by atoms with Crippen LogP contribution in [0.4, 0.5) is 5.69 Å². The molecule has 3 aromatic carbocycles. The van der Waals surface area contributed by atoms with E-state index in [1.165, 1.54) is 22.1 Å². The molecule has 3 nitrogen and oxygen atoms in total. The molecule has 25 heavy (non-hydrogen) atoms. The predicted octanol–water partition coefficient (Wildman–Crippen LogP) is 4.67. The summed E-state index contributed by atoms with van der Waals surface area (Å²) < 4.78 is 27.2. The molecule has 1 N–H and O–H groups in total. The molecule has 1 aliphatic carbocycles. The van der Waals surface area contributed by atoms with E-state index in [0.29, 0.717) is 5.69 Å². The van der Waals surface area contributed by atoms with Crippen molar-refractivity contribution in [3.05, 3.63) is 94.9 Å². The minimum atomic E-state index is -3.55. The van der Waals surface area contributed by atoms with Crippen LogP contribution >= 0.6 is 0 Å². The smallest absolute Gasteiger partial charge is 0.255 e. The Bertz CT molecular complexity index is 1050. The summed E-state index contributed by atoms with van der Waals surface area (Å²) >= 11 is 0. The average Bonchev–Trinajstić information content (AvgIpc) is 2.98. The van der Waals surface area contributed by atoms with Crippen molar-refractivity contribution in [3.8, 4) is 11.1 Å². The molecule has 0 heterocycles. The molecule has 0 radical (unpaired) electrons. The first kappa shape index (κ1) is 15.7. The van der Waals surface area contributed by atoms with Crippen LogP contribution < -0.4 is 4.72 Å². The highest BCUT2D eigenvalue weighted by Gasteiger charge is 2.18. The number of benzene rings is 3. The second-order valence-electron chi connectivity index (χ2n) is 6.07. The van der Waals surface area contributed by atoms with Crippen molar-refractivity contribution < 1.29 is 8.42 Å². The Labute approximate surface area is 147 Å². The Kier molecular flexibility index (Phi) is 3.90. The maximum absolute atomic E-state index is 12.3. The molecular weight excluding hydrogens is 330 g/mol. The fourth-order valence-corrected chi connectivity index (χ4v) is 4.00. The van der Waals surface area contributed by atoms with Gasteiger partial charge in [-0.05, 0) is 52.4 Å². The molecule has 0 saturated carbocycles. The first-order valence-corrected chi connectivity index (χ1v) is 9.62. The minimum Gasteiger partial charge on any atom is -0.280 e. The first-order valence-electron chi connectivity index (χ1n) is 8.08. The van der Waals surface area contributed by atoms with Crippen LogP contribution in [0.5, 0.6) is 0 Å². The quantitative estimate of drug-likeness (QED) is 0.583. The van der Waals surface area contributed by atoms with E-state index >= 15 is 0 Å². The van der Waals surface area contributed by atoms with Crippen LogP contribution in [0.2, 0.25) is 0 Å². The zero-order valence-electron chi connectivity index (χ0n) is 13.5. The van der Waals surface area contributed by atoms with E-state index in [1.54, 1.807) is 6.08 Å². The lowest BCUT2D eigenvalue weighted by atomic mass is 10.1. The first-order chi connectivity index (χ1) is 12.1. The van der Waals surface area contributed by atoms with Gasteiger partial charge in [-0.1, -0.05) is 60.7 Å². The molecule has 0 saturated heterocycles. The summed E-state index contributed by atoms with van der Waals surface area (Å²) in [6.07, 6.45) is 2.42. The summed E-state index contributed by atoms with van der Waals surface area (Å²) in [4.78, 5) is 0. The molecule has 124 valence electrons. The molecule has 0 amide bonds. The molecular formula is C21H17NO2S. The standard InChI is InChI=1S/C21H17NO2S/c23-25(24,13-12-16-6-2-1-3-7-16)22-19-10-11-21-18(15-19)14-17-8-4-5-9-20(17)21/h1-13,15,22H,14H2. The topological polar surface area (TPSA) is 46.2 Å². The van der Waals surface area contributed by atoms with Gasteiger partial charge in [0, 0.05) is 5.69 Å². The van der Waals surface area contributed by atoms with Crippen molar-refractivity contribution in [2.24, 2.45) is 0 Å². The molecule has 3 aromatic rings. The van der Waals surface area contributed by atoms with Gasteiger partial charge in [-0.2, -0.15) is 0 Å². The van der Waals surface area contributed by atoms with Gasteiger partial charge in [0.1, 0.15) is 0 Å². The van der Waals surface area contributed by atoms with Gasteiger partial charge in [0.05, 0.1) is 5.41 Å². The number of nitrogens with one attached hydrogen (secondary N) is 1. The SMILES string of the molecule is O=S(=O)(C=Cc1ccccc1)Nc1ccc2c(c1)Cc1ccccc1-2. The number of hydrogen-bond acceptors (Lipinski definition) is 2. The van der Waals surface area contributed by atoms with Crippen molar-refractivity contribution in [2.75, 3.05) is 4.72 Å². The zero-order valence-corrected chi connectivity index (χ0v) is 14.3. The van der Waals surface area contributed by atoms with Crippen LogP contribution in [-0.4, -0.2) is 8.42 Å². The number of hydrogen-bond donors (Lipinski definition) is 1. The fraction of sp³-hybridized carbons (Fsp3) is 0.0476. The maximum atomic E-state index is 12.3. The Morgan fingerprint density at radius 2 is 1.52 bits per heavy atom. The highest BCUT2D eigenvalue weighted by atomic mass is 32.2. The van der Waals surface area contributed by atoms with E-state index in [1.807, 2.05) is 60.7 Å². The molecule has 4 heteroatoms. The van der Waals surface area contributed by atoms with Gasteiger partial charge >= 0.3 is 0 Å². The molecule has 0 aromatic heterocycles. The molecule has 0 fully saturated rings. The van der Waals surface area contributed by atoms with E-state index in [9.17, 15) is 8.42 Å². The van der Waals surface area contributed by atoms with Crippen LogP contribution in [0.1, 0.15) is 16.7 Å². The second kappa shape index (κ2) is 6.22. The highest BCUT2D eigenvalue weighted by molar-refractivity contribution is 7.95. The molecule has 0 unspecified atom stereocenters. The number of fused-ring (bicyclic) bond motifs is 3. The van der Waals surface area contributed by atoms with Crippen LogP contribution in [0.25, 0.3) is 17.2 Å². The van der Waals surface area contributed by atoms with Gasteiger partial charge < -0.3 is 0 Å². The largest absolute Gasteiger partial charge is 0.280 e. The average molecular weight is 347 g/mol. The Balaban J connectivity index is 1.56. The lowest BCUT2D eigenvalue weighted by Crippen LogP contribution is -2.09. The minimum absolute atomic E-state index is 0.587. The van der Waals surface area contributed by atoms with Gasteiger partial charge in [0.25, 0.3) is 10.0 Å². The maximum Gasteiger partial charge on any atom is 0.255 e. The highest BCUT2D eigenvalue weighted by Crippen LogP contribution is 2.37. The van der Waals surface area contributed by atoms with Gasteiger partial charge in [-0.15, -0.1) is 0 Å². The summed E-state index contributed by atoms with van der Waals surface area (Å²) in [5.41, 5.74) is 6.27. The third-order valence-corrected chi connectivity index (χ3v) is 5.31. The normalized spacial score (nSPS) is 12.8. The van der Waals surface area contributed by atoms with E-state index in [4.69, 9.17) is 0 Å². The van der Waals surface area contributed by atoms with Crippen LogP contribution in [0.3, 0.4) is 0 Å². The van der Waals surface area contributed by atoms with Crippen molar-refractivity contribution in [3.63, 3.8) is 0 Å². The van der Waals surface area contributed by atoms with Gasteiger partial charge in [-0.25, -0.2) is 8.42 Å². The lowest BCUT2D eigenvalue weighted by Gasteiger charge is -2.07. The fourth-order valence-electron chi connectivity index (χ4n) is 3.14. The summed E-state index contributed by atoms with van der Waals surface area (Å²) in [7, 11) is -3.55. The summed E-state index contributed by atoms with van der Waals surface area (Å²) in [5, 5.41) is 1.20. The Morgan fingerprint density at radius 1 is 0.800 bits per heavy atom. The van der Waals surface area contributed by atoms with E-state index in [-0.39, 0.29) is 0 Å². The number of rotatable bonds is 4. The second-order valence-corrected chi connectivity index (χ2v) is 7.63. The summed E-state index contributed by atoms with van der Waals surface area (Å²) in [6, 6.07) is 23.4. The molecule has 1 aliphatic rings. The summed E-state index contributed by atoms with van der Waals surface area (Å²) in [5.74, 6) is 0. The Morgan fingerprint density at radius 3 is 2.36 bits per heavy atom. The predicted molar refractivity (Wildman–Crippen MR) is 103 cm³/mol. The van der Waals surface area contributed by atoms with E-state index in [2.05, 4.69) is 16.9 Å². The van der Waals surface area contributed by atoms with Gasteiger partial charge in [0.15, 0.2) is 0 Å². The van der Waals surface area contributed by atoms with E-state index < -0.39 is 10.0 Å². The monoisotopic (exact) mass is 347 g/mol. The van der Waals surface area contributed by atoms with Crippen LogP contribution in [0.15, 0.2) is 78.2 Å². The van der Waals surface area contributed by atoms with Crippen molar-refractivity contribution >= 4 is 21.8 Å². The lowest BCUT2D eigenvalue weighted by molar-refractivity contribution is 0.609. The molecule has 0 spiro atoms. The Hall–Kier alpha value is -2.85. The van der Waals surface area contributed by atoms with Crippen LogP contribution in [0, 0.1) is 0 Å². The number of anilines is 1. The van der Waals surface area contributed by atoms with Crippen molar-refractivity contribution in [1.29, 1.82) is 0 Å². The number of sulfonamides is 1. The molecule has 0 bridgehead atoms. The molecule has 0 aliphatic heterocycles.